The van der Waals surface area contributed by atoms with Gasteiger partial charge in [-0.2, -0.15) is 4.99 Å². The molecule has 1 aliphatic heterocycles. The van der Waals surface area contributed by atoms with Gasteiger partial charge in [0.2, 0.25) is 0 Å². The lowest BCUT2D eigenvalue weighted by atomic mass is 10.0. The predicted molar refractivity (Wildman–Crippen MR) is 129 cm³/mol. The van der Waals surface area contributed by atoms with Crippen LogP contribution in [0.3, 0.4) is 0 Å². The highest BCUT2D eigenvalue weighted by Gasteiger charge is 2.21. The Balaban J connectivity index is 1.48. The van der Waals surface area contributed by atoms with Crippen LogP contribution in [0.25, 0.3) is 0 Å². The summed E-state index contributed by atoms with van der Waals surface area (Å²) in [5.74, 6) is -0.889. The minimum atomic E-state index is -0.743. The van der Waals surface area contributed by atoms with E-state index in [0.29, 0.717) is 6.54 Å². The van der Waals surface area contributed by atoms with E-state index in [1.165, 1.54) is 5.56 Å². The number of guanidine groups is 2. The van der Waals surface area contributed by atoms with Gasteiger partial charge in [0.15, 0.2) is 34.4 Å². The standard InChI is InChI=1S/C20H28ClN11O/c21-15-17(23)30-16(22)14(29-15)18(33)31-20(26)28-13-5-7-32(8-6-13)10-12-3-1-11(2-4-12)9-27-19(24)25/h1-4,13H,5-10H2,(H4,22,23,30)(H4,24,25,27)(H3,26,28,31,33). The van der Waals surface area contributed by atoms with E-state index < -0.39 is 5.91 Å². The molecular weight excluding hydrogens is 446 g/mol. The summed E-state index contributed by atoms with van der Waals surface area (Å²) in [6.07, 6.45) is 1.70. The number of hydrogen-bond donors (Lipinski definition) is 6. The van der Waals surface area contributed by atoms with Crippen molar-refractivity contribution < 1.29 is 4.79 Å². The summed E-state index contributed by atoms with van der Waals surface area (Å²) in [7, 11) is 0. The summed E-state index contributed by atoms with van der Waals surface area (Å²) < 4.78 is 0. The number of carbonyl (C=O) groups excluding carboxylic acids is 1. The third kappa shape index (κ3) is 6.92. The quantitative estimate of drug-likeness (QED) is 0.239. The number of likely N-dealkylation sites (tertiary alicyclic amines) is 1. The molecule has 1 aromatic carbocycles. The van der Waals surface area contributed by atoms with Crippen LogP contribution in [0, 0.1) is 0 Å². The second-order valence-electron chi connectivity index (χ2n) is 7.69. The van der Waals surface area contributed by atoms with Crippen molar-refractivity contribution >= 4 is 41.1 Å². The Hall–Kier alpha value is -3.64. The van der Waals surface area contributed by atoms with Gasteiger partial charge >= 0.3 is 5.91 Å². The van der Waals surface area contributed by atoms with Gasteiger partial charge in [0.05, 0.1) is 6.54 Å². The first-order chi connectivity index (χ1) is 15.7. The highest BCUT2D eigenvalue weighted by Crippen LogP contribution is 2.18. The van der Waals surface area contributed by atoms with E-state index in [1.54, 1.807) is 0 Å². The molecule has 33 heavy (non-hydrogen) atoms. The average Bonchev–Trinajstić information content (AvgIpc) is 2.77. The van der Waals surface area contributed by atoms with Crippen LogP contribution in [0.2, 0.25) is 5.15 Å². The number of nitrogen functional groups attached to an aromatic ring is 2. The first-order valence-corrected chi connectivity index (χ1v) is 10.7. The molecule has 2 heterocycles. The minimum Gasteiger partial charge on any atom is -0.382 e. The number of amides is 1. The van der Waals surface area contributed by atoms with Gasteiger partial charge in [-0.15, -0.1) is 0 Å². The third-order valence-electron chi connectivity index (χ3n) is 5.14. The molecule has 1 aromatic heterocycles. The monoisotopic (exact) mass is 473 g/mol. The number of nitrogens with two attached hydrogens (primary N) is 5. The van der Waals surface area contributed by atoms with Crippen LogP contribution in [0.15, 0.2) is 34.3 Å². The largest absolute Gasteiger partial charge is 0.382 e. The Bertz CT molecular complexity index is 1040. The van der Waals surface area contributed by atoms with Crippen LogP contribution in [0.5, 0.6) is 0 Å². The summed E-state index contributed by atoms with van der Waals surface area (Å²) in [5.41, 5.74) is 29.9. The number of aliphatic imine (C=N–C) groups is 2. The molecule has 0 atom stereocenters. The lowest BCUT2D eigenvalue weighted by Crippen LogP contribution is -2.47. The number of nitrogens with zero attached hydrogens (tertiary/aromatic N) is 5. The molecule has 176 valence electrons. The fraction of sp³-hybridized carbons (Fsp3) is 0.350. The van der Waals surface area contributed by atoms with E-state index in [-0.39, 0.29) is 40.4 Å². The number of carbonyl (C=O) groups is 1. The molecule has 1 saturated heterocycles. The van der Waals surface area contributed by atoms with E-state index >= 15 is 0 Å². The molecule has 13 heteroatoms. The number of aromatic nitrogens is 2. The van der Waals surface area contributed by atoms with Crippen LogP contribution in [0.4, 0.5) is 11.6 Å². The Morgan fingerprint density at radius 3 is 2.33 bits per heavy atom. The zero-order valence-electron chi connectivity index (χ0n) is 18.0. The molecule has 1 aliphatic rings. The smallest absolute Gasteiger partial charge is 0.302 e. The fourth-order valence-electron chi connectivity index (χ4n) is 3.43. The second-order valence-corrected chi connectivity index (χ2v) is 8.05. The molecule has 0 spiro atoms. The summed E-state index contributed by atoms with van der Waals surface area (Å²) in [4.78, 5) is 30.1. The van der Waals surface area contributed by atoms with Crippen molar-refractivity contribution in [2.45, 2.75) is 32.0 Å². The predicted octanol–water partition coefficient (Wildman–Crippen LogP) is -0.223. The summed E-state index contributed by atoms with van der Waals surface area (Å²) in [6.45, 7) is 3.06. The van der Waals surface area contributed by atoms with E-state index in [4.69, 9.17) is 40.3 Å². The van der Waals surface area contributed by atoms with Crippen molar-refractivity contribution in [1.29, 1.82) is 0 Å². The van der Waals surface area contributed by atoms with Crippen LogP contribution >= 0.6 is 11.6 Å². The SMILES string of the molecule is NC(N)=NCc1ccc(CN2CCC(N/C(N)=N/C(=O)c3nc(Cl)c(N)nc3N)CC2)cc1. The van der Waals surface area contributed by atoms with Gasteiger partial charge in [-0.3, -0.25) is 9.69 Å². The first kappa shape index (κ1) is 24.0. The van der Waals surface area contributed by atoms with Gasteiger partial charge in [-0.1, -0.05) is 35.9 Å². The second kappa shape index (κ2) is 10.8. The molecular formula is C20H28ClN11O. The van der Waals surface area contributed by atoms with Crippen molar-refractivity contribution in [2.24, 2.45) is 27.2 Å². The normalized spacial score (nSPS) is 15.2. The highest BCUT2D eigenvalue weighted by atomic mass is 35.5. The van der Waals surface area contributed by atoms with Crippen molar-refractivity contribution in [3.8, 4) is 0 Å². The maximum absolute atomic E-state index is 12.3. The molecule has 0 aliphatic carbocycles. The molecule has 2 aromatic rings. The van der Waals surface area contributed by atoms with E-state index in [9.17, 15) is 4.79 Å². The molecule has 0 unspecified atom stereocenters. The number of rotatable bonds is 6. The fourth-order valence-corrected chi connectivity index (χ4v) is 3.56. The number of piperidine rings is 1. The van der Waals surface area contributed by atoms with Crippen LogP contribution in [-0.4, -0.2) is 51.8 Å². The van der Waals surface area contributed by atoms with Crippen LogP contribution in [0.1, 0.15) is 34.5 Å². The number of hydrogen-bond acceptors (Lipinski definition) is 7. The number of anilines is 2. The van der Waals surface area contributed by atoms with Crippen molar-refractivity contribution in [3.05, 3.63) is 46.2 Å². The van der Waals surface area contributed by atoms with Gasteiger partial charge < -0.3 is 34.0 Å². The zero-order valence-corrected chi connectivity index (χ0v) is 18.8. The van der Waals surface area contributed by atoms with Gasteiger partial charge in [0, 0.05) is 25.7 Å². The minimum absolute atomic E-state index is 0.0102. The number of nitrogens with one attached hydrogen (secondary N) is 1. The van der Waals surface area contributed by atoms with E-state index in [1.807, 2.05) is 12.1 Å². The first-order valence-electron chi connectivity index (χ1n) is 10.3. The maximum atomic E-state index is 12.3. The van der Waals surface area contributed by atoms with Gasteiger partial charge in [0.1, 0.15) is 0 Å². The molecule has 3 rings (SSSR count). The van der Waals surface area contributed by atoms with E-state index in [2.05, 4.69) is 42.3 Å². The average molecular weight is 474 g/mol. The van der Waals surface area contributed by atoms with Gasteiger partial charge in [-0.05, 0) is 24.0 Å². The van der Waals surface area contributed by atoms with Crippen LogP contribution in [-0.2, 0) is 13.1 Å². The van der Waals surface area contributed by atoms with Crippen LogP contribution < -0.4 is 34.0 Å². The summed E-state index contributed by atoms with van der Waals surface area (Å²) in [5, 5.41) is 2.96. The lowest BCUT2D eigenvalue weighted by molar-refractivity contribution is 0.0998. The Labute approximate surface area is 196 Å². The van der Waals surface area contributed by atoms with Gasteiger partial charge in [0.25, 0.3) is 0 Å². The molecule has 12 nitrogen and oxygen atoms in total. The van der Waals surface area contributed by atoms with Crippen molar-refractivity contribution in [2.75, 3.05) is 24.6 Å². The third-order valence-corrected chi connectivity index (χ3v) is 5.42. The van der Waals surface area contributed by atoms with Gasteiger partial charge in [-0.25, -0.2) is 15.0 Å². The van der Waals surface area contributed by atoms with E-state index in [0.717, 1.165) is 38.0 Å². The zero-order chi connectivity index (χ0) is 24.0. The molecule has 1 fully saturated rings. The number of halogens is 1. The number of benzene rings is 1. The molecule has 0 saturated carbocycles. The summed E-state index contributed by atoms with van der Waals surface area (Å²) in [6, 6.07) is 8.30. The molecule has 11 N–H and O–H groups in total. The van der Waals surface area contributed by atoms with Crippen molar-refractivity contribution in [3.63, 3.8) is 0 Å². The lowest BCUT2D eigenvalue weighted by Gasteiger charge is -2.32. The topological polar surface area (TPSA) is 213 Å². The highest BCUT2D eigenvalue weighted by molar-refractivity contribution is 6.31. The summed E-state index contributed by atoms with van der Waals surface area (Å²) >= 11 is 5.81. The Morgan fingerprint density at radius 2 is 1.70 bits per heavy atom. The molecule has 1 amide bonds. The maximum Gasteiger partial charge on any atom is 0.302 e. The molecule has 0 bridgehead atoms. The molecule has 0 radical (unpaired) electrons. The Kier molecular flexibility index (Phi) is 7.85. The Morgan fingerprint density at radius 1 is 1.06 bits per heavy atom. The van der Waals surface area contributed by atoms with Crippen molar-refractivity contribution in [1.82, 2.24) is 20.2 Å².